The van der Waals surface area contributed by atoms with Crippen LogP contribution in [0.25, 0.3) is 11.2 Å². The first kappa shape index (κ1) is 28.6. The highest BCUT2D eigenvalue weighted by molar-refractivity contribution is 6.06. The van der Waals surface area contributed by atoms with E-state index in [-0.39, 0.29) is 22.5 Å². The highest BCUT2D eigenvalue weighted by Gasteiger charge is 2.58. The van der Waals surface area contributed by atoms with Gasteiger partial charge in [0.2, 0.25) is 0 Å². The van der Waals surface area contributed by atoms with Crippen molar-refractivity contribution in [2.45, 2.75) is 31.0 Å². The van der Waals surface area contributed by atoms with Gasteiger partial charge in [-0.2, -0.15) is 0 Å². The fraction of sp³-hybridized carbons (Fsp3) is 0.188. The molecular weight excluding hydrogens is 569 g/mol. The zero-order valence-electron chi connectivity index (χ0n) is 23.4. The van der Waals surface area contributed by atoms with Crippen LogP contribution in [-0.2, 0) is 14.2 Å². The van der Waals surface area contributed by atoms with Crippen LogP contribution in [0.3, 0.4) is 0 Å². The van der Waals surface area contributed by atoms with Crippen LogP contribution in [0.4, 0.5) is 10.2 Å². The predicted molar refractivity (Wildman–Crippen MR) is 156 cm³/mol. The Balaban J connectivity index is 1.29. The van der Waals surface area contributed by atoms with Gasteiger partial charge in [-0.25, -0.2) is 28.9 Å². The van der Waals surface area contributed by atoms with E-state index >= 15 is 4.39 Å². The lowest BCUT2D eigenvalue weighted by molar-refractivity contribution is -0.0611. The normalized spacial score (nSPS) is 21.1. The maximum Gasteiger partial charge on any atom is 0.338 e. The first-order valence-corrected chi connectivity index (χ1v) is 13.7. The van der Waals surface area contributed by atoms with Crippen LogP contribution < -0.4 is 5.32 Å². The lowest BCUT2D eigenvalue weighted by Gasteiger charge is -2.27. The van der Waals surface area contributed by atoms with Gasteiger partial charge in [-0.05, 0) is 43.3 Å². The number of nitrogens with zero attached hydrogens (tertiary/aromatic N) is 4. The summed E-state index contributed by atoms with van der Waals surface area (Å²) in [7, 11) is 0. The molecule has 3 aromatic carbocycles. The van der Waals surface area contributed by atoms with E-state index in [1.54, 1.807) is 91.0 Å². The number of halogens is 1. The van der Waals surface area contributed by atoms with Crippen LogP contribution in [0.15, 0.2) is 104 Å². The Kier molecular flexibility index (Phi) is 7.82. The summed E-state index contributed by atoms with van der Waals surface area (Å²) in [6.07, 6.45) is -1.58. The number of rotatable bonds is 8. The molecule has 1 amide bonds. The smallest absolute Gasteiger partial charge is 0.338 e. The molecule has 2 aromatic heterocycles. The summed E-state index contributed by atoms with van der Waals surface area (Å²) in [5, 5.41) is 2.71. The lowest BCUT2D eigenvalue weighted by Crippen LogP contribution is -2.44. The van der Waals surface area contributed by atoms with Crippen LogP contribution >= 0.6 is 0 Å². The van der Waals surface area contributed by atoms with Crippen molar-refractivity contribution in [1.29, 1.82) is 0 Å². The number of anilines is 1. The Hall–Kier alpha value is -5.49. The Morgan fingerprint density at radius 2 is 1.45 bits per heavy atom. The molecule has 5 aromatic rings. The molecule has 0 bridgehead atoms. The van der Waals surface area contributed by atoms with E-state index in [2.05, 4.69) is 20.3 Å². The standard InChI is InChI=1S/C32H26FN5O6/c1-32(33)25(44-30(41)22-15-9-4-10-16-22)23(17-42-29(40)21-13-7-3-8-14-21)43-31(32)38-19-36-24-26(34-18-35-27(24)38)37-28(39)20-11-5-2-6-12-20/h2-16,18-19,23,25,31H,17H2,1H3,(H,34,35,37,39). The number of aromatic nitrogens is 4. The highest BCUT2D eigenvalue weighted by atomic mass is 19.1. The van der Waals surface area contributed by atoms with Gasteiger partial charge >= 0.3 is 11.9 Å². The van der Waals surface area contributed by atoms with Crippen molar-refractivity contribution in [1.82, 2.24) is 19.5 Å². The van der Waals surface area contributed by atoms with Gasteiger partial charge in [-0.15, -0.1) is 0 Å². The molecule has 12 heteroatoms. The minimum Gasteiger partial charge on any atom is -0.459 e. The predicted octanol–water partition coefficient (Wildman–Crippen LogP) is 4.79. The van der Waals surface area contributed by atoms with Crippen molar-refractivity contribution in [3.63, 3.8) is 0 Å². The summed E-state index contributed by atoms with van der Waals surface area (Å²) in [5.74, 6) is -1.72. The van der Waals surface area contributed by atoms with E-state index in [1.807, 2.05) is 0 Å². The van der Waals surface area contributed by atoms with E-state index < -0.39 is 48.6 Å². The van der Waals surface area contributed by atoms with E-state index in [0.717, 1.165) is 0 Å². The third-order valence-corrected chi connectivity index (χ3v) is 7.19. The maximum atomic E-state index is 16.8. The van der Waals surface area contributed by atoms with E-state index in [0.29, 0.717) is 11.1 Å². The average molecular weight is 596 g/mol. The SMILES string of the molecule is CC1(F)C(OC(=O)c2ccccc2)C(COC(=O)c2ccccc2)OC1n1cnc2c(NC(=O)c3ccccc3)ncnc21. The molecule has 4 unspecified atom stereocenters. The maximum absolute atomic E-state index is 16.8. The summed E-state index contributed by atoms with van der Waals surface area (Å²) in [6, 6.07) is 25.0. The van der Waals surface area contributed by atoms with Crippen molar-refractivity contribution < 1.29 is 33.0 Å². The molecule has 1 aliphatic heterocycles. The molecule has 0 spiro atoms. The van der Waals surface area contributed by atoms with Crippen molar-refractivity contribution in [3.8, 4) is 0 Å². The van der Waals surface area contributed by atoms with Crippen molar-refractivity contribution in [3.05, 3.63) is 120 Å². The summed E-state index contributed by atoms with van der Waals surface area (Å²) in [5.41, 5.74) is -1.08. The molecule has 11 nitrogen and oxygen atoms in total. The fourth-order valence-electron chi connectivity index (χ4n) is 4.99. The molecule has 222 valence electrons. The Labute approximate surface area is 250 Å². The van der Waals surface area contributed by atoms with Crippen LogP contribution in [0.5, 0.6) is 0 Å². The van der Waals surface area contributed by atoms with Crippen LogP contribution in [0.2, 0.25) is 0 Å². The van der Waals surface area contributed by atoms with Crippen molar-refractivity contribution in [2.75, 3.05) is 11.9 Å². The molecule has 1 aliphatic rings. The number of amides is 1. The van der Waals surface area contributed by atoms with Gasteiger partial charge in [0.25, 0.3) is 5.91 Å². The summed E-state index contributed by atoms with van der Waals surface area (Å²) in [4.78, 5) is 51.2. The molecule has 1 N–H and O–H groups in total. The summed E-state index contributed by atoms with van der Waals surface area (Å²) < 4.78 is 35.4. The van der Waals surface area contributed by atoms with Gasteiger partial charge < -0.3 is 19.5 Å². The third kappa shape index (κ3) is 5.62. The molecule has 0 aliphatic carbocycles. The van der Waals surface area contributed by atoms with Gasteiger partial charge in [0.15, 0.2) is 35.0 Å². The van der Waals surface area contributed by atoms with Gasteiger partial charge in [0.1, 0.15) is 19.0 Å². The van der Waals surface area contributed by atoms with Crippen LogP contribution in [0.1, 0.15) is 44.2 Å². The van der Waals surface area contributed by atoms with Gasteiger partial charge in [0.05, 0.1) is 17.5 Å². The number of imidazole rings is 1. The van der Waals surface area contributed by atoms with E-state index in [1.165, 1.54) is 24.1 Å². The summed E-state index contributed by atoms with van der Waals surface area (Å²) in [6.45, 7) is 0.821. The molecule has 1 saturated heterocycles. The second kappa shape index (κ2) is 12.0. The number of carbonyl (C=O) groups excluding carboxylic acids is 3. The Bertz CT molecular complexity index is 1800. The average Bonchev–Trinajstić information content (AvgIpc) is 3.59. The highest BCUT2D eigenvalue weighted by Crippen LogP contribution is 2.44. The fourth-order valence-corrected chi connectivity index (χ4v) is 4.99. The topological polar surface area (TPSA) is 135 Å². The molecule has 0 radical (unpaired) electrons. The van der Waals surface area contributed by atoms with E-state index in [9.17, 15) is 14.4 Å². The van der Waals surface area contributed by atoms with Crippen molar-refractivity contribution in [2.24, 2.45) is 0 Å². The molecule has 44 heavy (non-hydrogen) atoms. The zero-order chi connectivity index (χ0) is 30.7. The van der Waals surface area contributed by atoms with E-state index in [4.69, 9.17) is 14.2 Å². The second-order valence-electron chi connectivity index (χ2n) is 10.2. The number of benzene rings is 3. The lowest BCUT2D eigenvalue weighted by atomic mass is 9.98. The molecule has 0 saturated carbocycles. The molecule has 1 fully saturated rings. The first-order chi connectivity index (χ1) is 21.3. The number of nitrogens with one attached hydrogen (secondary N) is 1. The number of ether oxygens (including phenoxy) is 3. The minimum absolute atomic E-state index is 0.113. The quantitative estimate of drug-likeness (QED) is 0.251. The zero-order valence-corrected chi connectivity index (χ0v) is 23.4. The number of carbonyl (C=O) groups is 3. The molecule has 3 heterocycles. The molecular formula is C32H26FN5O6. The Morgan fingerprint density at radius 1 is 0.864 bits per heavy atom. The number of esters is 2. The van der Waals surface area contributed by atoms with Gasteiger partial charge in [-0.3, -0.25) is 9.36 Å². The largest absolute Gasteiger partial charge is 0.459 e. The second-order valence-corrected chi connectivity index (χ2v) is 10.2. The number of hydrogen-bond acceptors (Lipinski definition) is 9. The van der Waals surface area contributed by atoms with Gasteiger partial charge in [-0.1, -0.05) is 54.6 Å². The number of hydrogen-bond donors (Lipinski definition) is 1. The third-order valence-electron chi connectivity index (χ3n) is 7.19. The summed E-state index contributed by atoms with van der Waals surface area (Å²) >= 11 is 0. The molecule has 6 rings (SSSR count). The van der Waals surface area contributed by atoms with Crippen LogP contribution in [0, 0.1) is 0 Å². The number of fused-ring (bicyclic) bond motifs is 1. The first-order valence-electron chi connectivity index (χ1n) is 13.7. The van der Waals surface area contributed by atoms with Gasteiger partial charge in [0, 0.05) is 5.56 Å². The monoisotopic (exact) mass is 595 g/mol. The number of alkyl halides is 1. The van der Waals surface area contributed by atoms with Crippen molar-refractivity contribution >= 4 is 34.8 Å². The van der Waals surface area contributed by atoms with Crippen LogP contribution in [-0.4, -0.2) is 61.8 Å². The molecule has 4 atom stereocenters. The minimum atomic E-state index is -2.35. The Morgan fingerprint density at radius 3 is 2.09 bits per heavy atom.